The number of aryl methyl sites for hydroxylation is 1. The topological polar surface area (TPSA) is 52.6 Å². The lowest BCUT2D eigenvalue weighted by molar-refractivity contribution is 0.0696. The molecule has 0 bridgehead atoms. The molecule has 0 spiro atoms. The number of nitrogens with zero attached hydrogens (tertiary/aromatic N) is 1. The number of likely N-dealkylation sites (N-methyl/N-ethyl adjacent to an activating group) is 1. The Morgan fingerprint density at radius 3 is 2.53 bits per heavy atom. The first-order valence-electron chi connectivity index (χ1n) is 6.70. The van der Waals surface area contributed by atoms with Crippen LogP contribution in [0.1, 0.15) is 35.2 Å². The van der Waals surface area contributed by atoms with Gasteiger partial charge in [0.15, 0.2) is 0 Å². The lowest BCUT2D eigenvalue weighted by Gasteiger charge is -2.47. The molecule has 0 heterocycles. The zero-order valence-corrected chi connectivity index (χ0v) is 11.9. The van der Waals surface area contributed by atoms with Crippen LogP contribution in [0.3, 0.4) is 0 Å². The first-order chi connectivity index (χ1) is 8.94. The van der Waals surface area contributed by atoms with E-state index in [1.165, 1.54) is 19.3 Å². The van der Waals surface area contributed by atoms with Gasteiger partial charge >= 0.3 is 5.97 Å². The highest BCUT2D eigenvalue weighted by Crippen LogP contribution is 2.36. The molecule has 1 fully saturated rings. The molecule has 0 aliphatic heterocycles. The molecule has 0 radical (unpaired) electrons. The summed E-state index contributed by atoms with van der Waals surface area (Å²) in [6, 6.07) is 5.23. The monoisotopic (exact) mass is 262 g/mol. The van der Waals surface area contributed by atoms with E-state index in [1.54, 1.807) is 12.1 Å². The molecule has 0 atom stereocenters. The largest absolute Gasteiger partial charge is 0.478 e. The van der Waals surface area contributed by atoms with Gasteiger partial charge in [0, 0.05) is 17.8 Å². The van der Waals surface area contributed by atoms with Crippen molar-refractivity contribution in [3.63, 3.8) is 0 Å². The molecular weight excluding hydrogens is 240 g/mol. The molecule has 1 aliphatic rings. The van der Waals surface area contributed by atoms with E-state index in [-0.39, 0.29) is 5.54 Å². The van der Waals surface area contributed by atoms with E-state index < -0.39 is 5.97 Å². The van der Waals surface area contributed by atoms with Crippen LogP contribution in [0, 0.1) is 6.92 Å². The van der Waals surface area contributed by atoms with E-state index in [0.29, 0.717) is 5.56 Å². The molecule has 0 unspecified atom stereocenters. The zero-order chi connectivity index (χ0) is 14.0. The Balaban J connectivity index is 2.06. The van der Waals surface area contributed by atoms with Crippen molar-refractivity contribution >= 4 is 11.7 Å². The van der Waals surface area contributed by atoms with Crippen LogP contribution in [-0.4, -0.2) is 42.2 Å². The number of rotatable bonds is 5. The third-order valence-electron chi connectivity index (χ3n) is 4.31. The van der Waals surface area contributed by atoms with Gasteiger partial charge in [-0.25, -0.2) is 4.79 Å². The van der Waals surface area contributed by atoms with Crippen LogP contribution in [0.15, 0.2) is 18.2 Å². The molecule has 0 aromatic heterocycles. The van der Waals surface area contributed by atoms with Gasteiger partial charge < -0.3 is 15.3 Å². The predicted octanol–water partition coefficient (Wildman–Crippen LogP) is 2.59. The molecule has 0 saturated heterocycles. The Kier molecular flexibility index (Phi) is 3.80. The maximum atomic E-state index is 10.9. The SMILES string of the molecule is Cc1cc(C(=O)O)ccc1NCC1(N(C)C)CCC1. The number of aromatic carboxylic acids is 1. The van der Waals surface area contributed by atoms with E-state index in [4.69, 9.17) is 5.11 Å². The number of carboxylic acids is 1. The van der Waals surface area contributed by atoms with Crippen LogP contribution in [0.4, 0.5) is 5.69 Å². The number of hydrogen-bond donors (Lipinski definition) is 2. The molecule has 2 rings (SSSR count). The Hall–Kier alpha value is -1.55. The maximum absolute atomic E-state index is 10.9. The highest BCUT2D eigenvalue weighted by atomic mass is 16.4. The fraction of sp³-hybridized carbons (Fsp3) is 0.533. The summed E-state index contributed by atoms with van der Waals surface area (Å²) in [7, 11) is 4.25. The molecular formula is C15H22N2O2. The number of nitrogens with one attached hydrogen (secondary N) is 1. The van der Waals surface area contributed by atoms with Crippen molar-refractivity contribution in [1.82, 2.24) is 4.90 Å². The van der Waals surface area contributed by atoms with Gasteiger partial charge in [-0.1, -0.05) is 0 Å². The molecule has 1 saturated carbocycles. The number of carboxylic acid groups (broad SMARTS) is 1. The van der Waals surface area contributed by atoms with Crippen LogP contribution in [0.2, 0.25) is 0 Å². The fourth-order valence-corrected chi connectivity index (χ4v) is 2.62. The minimum atomic E-state index is -0.876. The summed E-state index contributed by atoms with van der Waals surface area (Å²) in [6.07, 6.45) is 3.73. The van der Waals surface area contributed by atoms with Crippen LogP contribution in [0.5, 0.6) is 0 Å². The Morgan fingerprint density at radius 1 is 1.42 bits per heavy atom. The summed E-state index contributed by atoms with van der Waals surface area (Å²) < 4.78 is 0. The van der Waals surface area contributed by atoms with Crippen molar-refractivity contribution in [3.8, 4) is 0 Å². The normalized spacial score (nSPS) is 17.1. The molecule has 1 aromatic carbocycles. The minimum Gasteiger partial charge on any atom is -0.478 e. The molecule has 4 heteroatoms. The van der Waals surface area contributed by atoms with Crippen molar-refractivity contribution in [3.05, 3.63) is 29.3 Å². The van der Waals surface area contributed by atoms with Crippen molar-refractivity contribution < 1.29 is 9.90 Å². The summed E-state index contributed by atoms with van der Waals surface area (Å²) in [6.45, 7) is 2.85. The summed E-state index contributed by atoms with van der Waals surface area (Å²) in [5.74, 6) is -0.876. The maximum Gasteiger partial charge on any atom is 0.335 e. The van der Waals surface area contributed by atoms with Crippen molar-refractivity contribution in [2.24, 2.45) is 0 Å². The zero-order valence-electron chi connectivity index (χ0n) is 11.9. The average Bonchev–Trinajstić information content (AvgIpc) is 2.28. The van der Waals surface area contributed by atoms with Gasteiger partial charge in [-0.3, -0.25) is 0 Å². The van der Waals surface area contributed by atoms with Crippen molar-refractivity contribution in [2.45, 2.75) is 31.7 Å². The standard InChI is InChI=1S/C15H22N2O2/c1-11-9-12(14(18)19)5-6-13(11)16-10-15(17(2)3)7-4-8-15/h5-6,9,16H,4,7-8,10H2,1-3H3,(H,18,19). The Morgan fingerprint density at radius 2 is 2.11 bits per heavy atom. The predicted molar refractivity (Wildman–Crippen MR) is 76.9 cm³/mol. The van der Waals surface area contributed by atoms with E-state index in [9.17, 15) is 4.79 Å². The van der Waals surface area contributed by atoms with Gasteiger partial charge in [-0.15, -0.1) is 0 Å². The second-order valence-corrected chi connectivity index (χ2v) is 5.66. The minimum absolute atomic E-state index is 0.262. The summed E-state index contributed by atoms with van der Waals surface area (Å²) >= 11 is 0. The Labute approximate surface area is 114 Å². The molecule has 0 amide bonds. The van der Waals surface area contributed by atoms with Gasteiger partial charge in [0.25, 0.3) is 0 Å². The first kappa shape index (κ1) is 13.9. The van der Waals surface area contributed by atoms with E-state index in [1.807, 2.05) is 13.0 Å². The van der Waals surface area contributed by atoms with Gasteiger partial charge in [-0.2, -0.15) is 0 Å². The molecule has 1 aromatic rings. The van der Waals surface area contributed by atoms with Crippen LogP contribution < -0.4 is 5.32 Å². The van der Waals surface area contributed by atoms with Crippen molar-refractivity contribution in [1.29, 1.82) is 0 Å². The highest BCUT2D eigenvalue weighted by Gasteiger charge is 2.38. The summed E-state index contributed by atoms with van der Waals surface area (Å²) in [5, 5.41) is 12.4. The lowest BCUT2D eigenvalue weighted by atomic mass is 9.75. The first-order valence-corrected chi connectivity index (χ1v) is 6.70. The van der Waals surface area contributed by atoms with Gasteiger partial charge in [0.1, 0.15) is 0 Å². The average molecular weight is 262 g/mol. The molecule has 104 valence electrons. The van der Waals surface area contributed by atoms with Gasteiger partial charge in [0.2, 0.25) is 0 Å². The molecule has 19 heavy (non-hydrogen) atoms. The van der Waals surface area contributed by atoms with Crippen LogP contribution in [0.25, 0.3) is 0 Å². The van der Waals surface area contributed by atoms with E-state index >= 15 is 0 Å². The number of benzene rings is 1. The van der Waals surface area contributed by atoms with Gasteiger partial charge in [-0.05, 0) is 64.0 Å². The third-order valence-corrected chi connectivity index (χ3v) is 4.31. The quantitative estimate of drug-likeness (QED) is 0.856. The lowest BCUT2D eigenvalue weighted by Crippen LogP contribution is -2.54. The Bertz CT molecular complexity index is 479. The summed E-state index contributed by atoms with van der Waals surface area (Å²) in [4.78, 5) is 13.2. The van der Waals surface area contributed by atoms with Crippen LogP contribution >= 0.6 is 0 Å². The van der Waals surface area contributed by atoms with E-state index in [0.717, 1.165) is 17.8 Å². The van der Waals surface area contributed by atoms with Gasteiger partial charge in [0.05, 0.1) is 5.56 Å². The van der Waals surface area contributed by atoms with Crippen molar-refractivity contribution in [2.75, 3.05) is 26.0 Å². The highest BCUT2D eigenvalue weighted by molar-refractivity contribution is 5.88. The molecule has 1 aliphatic carbocycles. The molecule has 4 nitrogen and oxygen atoms in total. The second-order valence-electron chi connectivity index (χ2n) is 5.66. The number of anilines is 1. The number of hydrogen-bond acceptors (Lipinski definition) is 3. The second kappa shape index (κ2) is 5.21. The third kappa shape index (κ3) is 2.73. The molecule has 2 N–H and O–H groups in total. The van der Waals surface area contributed by atoms with Crippen LogP contribution in [-0.2, 0) is 0 Å². The number of carbonyl (C=O) groups is 1. The smallest absolute Gasteiger partial charge is 0.335 e. The van der Waals surface area contributed by atoms with E-state index in [2.05, 4.69) is 24.3 Å². The fourth-order valence-electron chi connectivity index (χ4n) is 2.62. The summed E-state index contributed by atoms with van der Waals surface area (Å²) in [5.41, 5.74) is 2.61.